The van der Waals surface area contributed by atoms with Gasteiger partial charge in [-0.25, -0.2) is 9.78 Å². The van der Waals surface area contributed by atoms with Crippen LogP contribution < -0.4 is 20.9 Å². The lowest BCUT2D eigenvalue weighted by molar-refractivity contribution is -0.141. The van der Waals surface area contributed by atoms with Crippen LogP contribution in [0.15, 0.2) is 64.2 Å². The van der Waals surface area contributed by atoms with Crippen molar-refractivity contribution in [1.29, 1.82) is 0 Å². The highest BCUT2D eigenvalue weighted by atomic mass is 35.5. The van der Waals surface area contributed by atoms with Gasteiger partial charge in [-0.15, -0.1) is 0 Å². The first-order chi connectivity index (χ1) is 16.4. The lowest BCUT2D eigenvalue weighted by Gasteiger charge is -2.32. The maximum atomic E-state index is 12.2. The van der Waals surface area contributed by atoms with E-state index in [-0.39, 0.29) is 12.1 Å². The summed E-state index contributed by atoms with van der Waals surface area (Å²) >= 11 is 6.13. The van der Waals surface area contributed by atoms with Crippen LogP contribution >= 0.6 is 11.6 Å². The highest BCUT2D eigenvalue weighted by molar-refractivity contribution is 6.30. The summed E-state index contributed by atoms with van der Waals surface area (Å²) in [6.07, 6.45) is 0.0728. The van der Waals surface area contributed by atoms with Gasteiger partial charge in [0.05, 0.1) is 5.69 Å². The molecule has 0 fully saturated rings. The van der Waals surface area contributed by atoms with Gasteiger partial charge in [0.15, 0.2) is 0 Å². The molecular weight excluding hydrogens is 468 g/mol. The van der Waals surface area contributed by atoms with Crippen molar-refractivity contribution in [1.82, 2.24) is 4.98 Å². The molecule has 35 heavy (non-hydrogen) atoms. The molecule has 0 bridgehead atoms. The summed E-state index contributed by atoms with van der Waals surface area (Å²) in [5.41, 5.74) is -2.25. The van der Waals surface area contributed by atoms with Crippen LogP contribution in [-0.4, -0.2) is 21.6 Å². The fraction of sp³-hybridized carbons (Fsp3) is 0.259. The van der Waals surface area contributed by atoms with Crippen LogP contribution in [0, 0.1) is 0 Å². The largest absolute Gasteiger partial charge is 0.480 e. The van der Waals surface area contributed by atoms with Gasteiger partial charge in [0, 0.05) is 17.4 Å². The Labute approximate surface area is 207 Å². The van der Waals surface area contributed by atoms with Crippen molar-refractivity contribution in [3.05, 3.63) is 91.3 Å². The highest BCUT2D eigenvalue weighted by Crippen LogP contribution is 2.32. The third-order valence-electron chi connectivity index (χ3n) is 5.90. The van der Waals surface area contributed by atoms with Crippen LogP contribution in [-0.2, 0) is 16.6 Å². The number of nitrogens with zero attached hydrogens (tertiary/aromatic N) is 1. The first-order valence-corrected chi connectivity index (χ1v) is 11.4. The van der Waals surface area contributed by atoms with E-state index >= 15 is 0 Å². The Morgan fingerprint density at radius 3 is 2.31 bits per heavy atom. The van der Waals surface area contributed by atoms with E-state index in [9.17, 15) is 19.5 Å². The third-order valence-corrected chi connectivity index (χ3v) is 6.10. The fourth-order valence-electron chi connectivity index (χ4n) is 4.08. The number of hydrogen-bond donors (Lipinski definition) is 2. The van der Waals surface area contributed by atoms with Crippen LogP contribution in [0.2, 0.25) is 5.15 Å². The van der Waals surface area contributed by atoms with Gasteiger partial charge in [-0.3, -0.25) is 9.59 Å². The maximum Gasteiger partial charge on any atom is 0.329 e. The molecule has 7 nitrogen and oxygen atoms in total. The summed E-state index contributed by atoms with van der Waals surface area (Å²) in [6.45, 7) is 6.92. The van der Waals surface area contributed by atoms with E-state index in [2.05, 4.69) is 10.3 Å². The Hall–Kier alpha value is -3.71. The van der Waals surface area contributed by atoms with Crippen molar-refractivity contribution in [3.8, 4) is 11.6 Å². The minimum atomic E-state index is -1.50. The summed E-state index contributed by atoms with van der Waals surface area (Å²) in [7, 11) is 0. The van der Waals surface area contributed by atoms with Crippen molar-refractivity contribution in [3.63, 3.8) is 0 Å². The number of carboxylic acid groups (broad SMARTS) is 1. The number of rotatable bonds is 7. The molecule has 3 aromatic carbocycles. The Bertz CT molecular complexity index is 1500. The van der Waals surface area contributed by atoms with Crippen LogP contribution in [0.25, 0.3) is 10.8 Å². The number of aromatic nitrogens is 1. The third kappa shape index (κ3) is 4.77. The number of ether oxygens (including phenoxy) is 1. The zero-order valence-corrected chi connectivity index (χ0v) is 20.6. The van der Waals surface area contributed by atoms with E-state index in [0.717, 1.165) is 10.8 Å². The second-order valence-corrected chi connectivity index (χ2v) is 10.2. The normalized spacial score (nSPS) is 13.5. The molecule has 4 rings (SSSR count). The molecule has 0 spiro atoms. The topological polar surface area (TPSA) is 106 Å². The van der Waals surface area contributed by atoms with Crippen LogP contribution in [0.1, 0.15) is 38.8 Å². The second kappa shape index (κ2) is 8.82. The van der Waals surface area contributed by atoms with Crippen molar-refractivity contribution >= 4 is 34.0 Å². The first-order valence-electron chi connectivity index (χ1n) is 11.1. The molecular formula is C27H25ClN2O5. The lowest BCUT2D eigenvalue weighted by Crippen LogP contribution is -2.52. The fourth-order valence-corrected chi connectivity index (χ4v) is 4.28. The lowest BCUT2D eigenvalue weighted by atomic mass is 9.81. The van der Waals surface area contributed by atoms with Gasteiger partial charge >= 0.3 is 5.97 Å². The minimum Gasteiger partial charge on any atom is -0.480 e. The number of nitrogens with one attached hydrogen (secondary N) is 1. The number of aliphatic carboxylic acids is 1. The molecule has 0 saturated carbocycles. The van der Waals surface area contributed by atoms with Gasteiger partial charge in [-0.05, 0) is 47.6 Å². The summed E-state index contributed by atoms with van der Waals surface area (Å²) in [5.74, 6) is -0.260. The number of benzene rings is 2. The van der Waals surface area contributed by atoms with Gasteiger partial charge in [-0.2, -0.15) is 0 Å². The predicted octanol–water partition coefficient (Wildman–Crippen LogP) is 5.07. The van der Waals surface area contributed by atoms with Crippen LogP contribution in [0.4, 0.5) is 5.69 Å². The molecule has 0 aliphatic rings. The summed E-state index contributed by atoms with van der Waals surface area (Å²) in [4.78, 5) is 40.8. The second-order valence-electron chi connectivity index (χ2n) is 9.81. The molecule has 0 radical (unpaired) electrons. The van der Waals surface area contributed by atoms with Gasteiger partial charge in [0.2, 0.25) is 16.7 Å². The average molecular weight is 493 g/mol. The van der Waals surface area contributed by atoms with E-state index in [4.69, 9.17) is 16.3 Å². The quantitative estimate of drug-likeness (QED) is 0.274. The summed E-state index contributed by atoms with van der Waals surface area (Å²) < 4.78 is 5.96. The molecule has 1 heterocycles. The van der Waals surface area contributed by atoms with Crippen LogP contribution in [0.3, 0.4) is 0 Å². The number of halogens is 1. The number of anilines is 1. The first kappa shape index (κ1) is 24.4. The zero-order chi connectivity index (χ0) is 25.5. The van der Waals surface area contributed by atoms with E-state index < -0.39 is 27.8 Å². The standard InChI is InChI=1S/C27H25ClN2O5/c1-26(2,3)20-21(23(32)22(20)31)30-27(4,25(33)34)14-15-9-11-17(12-10-15)35-24-18-8-6-5-7-16(18)13-19(28)29-24/h5-13,30H,14H2,1-4H3,(H,33,34)/t27-/m0/s1. The minimum absolute atomic E-state index is 0.0728. The maximum absolute atomic E-state index is 12.2. The smallest absolute Gasteiger partial charge is 0.329 e. The van der Waals surface area contributed by atoms with Gasteiger partial charge < -0.3 is 15.2 Å². The van der Waals surface area contributed by atoms with E-state index in [1.165, 1.54) is 6.92 Å². The number of carbonyl (C=O) groups is 1. The molecule has 2 N–H and O–H groups in total. The average Bonchev–Trinajstić information content (AvgIpc) is 2.78. The predicted molar refractivity (Wildman–Crippen MR) is 137 cm³/mol. The molecule has 0 saturated heterocycles. The highest BCUT2D eigenvalue weighted by Gasteiger charge is 2.39. The van der Waals surface area contributed by atoms with Gasteiger partial charge in [0.25, 0.3) is 0 Å². The van der Waals surface area contributed by atoms with E-state index in [1.807, 2.05) is 45.0 Å². The molecule has 1 atom stereocenters. The molecule has 0 aliphatic carbocycles. The number of fused-ring (bicyclic) bond motifs is 1. The Balaban J connectivity index is 1.57. The van der Waals surface area contributed by atoms with Gasteiger partial charge in [-0.1, -0.05) is 62.7 Å². The van der Waals surface area contributed by atoms with Crippen molar-refractivity contribution in [2.24, 2.45) is 0 Å². The molecule has 8 heteroatoms. The Morgan fingerprint density at radius 2 is 1.69 bits per heavy atom. The van der Waals surface area contributed by atoms with Crippen molar-refractivity contribution in [2.75, 3.05) is 5.32 Å². The Morgan fingerprint density at radius 1 is 1.03 bits per heavy atom. The molecule has 180 valence electrons. The summed E-state index contributed by atoms with van der Waals surface area (Å²) in [5, 5.41) is 14.8. The number of hydrogen-bond acceptors (Lipinski definition) is 6. The number of carboxylic acids is 1. The number of pyridine rings is 1. The van der Waals surface area contributed by atoms with E-state index in [1.54, 1.807) is 30.3 Å². The zero-order valence-electron chi connectivity index (χ0n) is 19.8. The van der Waals surface area contributed by atoms with E-state index in [0.29, 0.717) is 27.9 Å². The SMILES string of the molecule is CC(C)(C)c1c(N[C@@](C)(Cc2ccc(Oc3nc(Cl)cc4ccccc34)cc2)C(=O)O)c(=O)c1=O. The van der Waals surface area contributed by atoms with Gasteiger partial charge in [0.1, 0.15) is 16.4 Å². The van der Waals surface area contributed by atoms with Crippen molar-refractivity contribution < 1.29 is 14.6 Å². The molecule has 1 aromatic heterocycles. The molecule has 0 amide bonds. The van der Waals surface area contributed by atoms with Crippen molar-refractivity contribution in [2.45, 2.75) is 45.1 Å². The summed E-state index contributed by atoms with van der Waals surface area (Å²) in [6, 6.07) is 16.3. The monoisotopic (exact) mass is 492 g/mol. The molecule has 4 aromatic rings. The molecule has 0 aliphatic heterocycles. The Kier molecular flexibility index (Phi) is 6.15. The molecule has 0 unspecified atom stereocenters. The van der Waals surface area contributed by atoms with Crippen LogP contribution in [0.5, 0.6) is 11.6 Å².